The molecule has 2 aliphatic rings. The zero-order chi connectivity index (χ0) is 31.0. The monoisotopic (exact) mass is 610 g/mol. The van der Waals surface area contributed by atoms with Crippen LogP contribution in [0.3, 0.4) is 0 Å². The summed E-state index contributed by atoms with van der Waals surface area (Å²) in [5.74, 6) is 4.27. The van der Waals surface area contributed by atoms with E-state index in [2.05, 4.69) is 51.7 Å². The van der Waals surface area contributed by atoms with E-state index in [1.807, 2.05) is 19.1 Å². The van der Waals surface area contributed by atoms with E-state index in [4.69, 9.17) is 4.74 Å². The molecule has 8 nitrogen and oxygen atoms in total. The fourth-order valence-corrected chi connectivity index (χ4v) is 7.01. The molecule has 42 heavy (non-hydrogen) atoms. The van der Waals surface area contributed by atoms with Crippen molar-refractivity contribution in [2.45, 2.75) is 71.1 Å². The number of ether oxygens (including phenoxy) is 1. The number of benzene rings is 1. The van der Waals surface area contributed by atoms with Crippen LogP contribution in [0, 0.1) is 12.8 Å². The van der Waals surface area contributed by atoms with Gasteiger partial charge in [0.05, 0.1) is 24.1 Å². The van der Waals surface area contributed by atoms with Gasteiger partial charge in [-0.3, -0.25) is 9.11 Å². The minimum Gasteiger partial charge on any atom is -0.494 e. The first-order valence-corrected chi connectivity index (χ1v) is 16.5. The molecule has 0 radical (unpaired) electrons. The first-order chi connectivity index (χ1) is 19.5. The molecule has 1 unspecified atom stereocenters. The highest BCUT2D eigenvalue weighted by Gasteiger charge is 2.39. The van der Waals surface area contributed by atoms with Gasteiger partial charge in [-0.2, -0.15) is 13.2 Å². The largest absolute Gasteiger partial charge is 0.494 e. The molecule has 0 spiro atoms. The highest BCUT2D eigenvalue weighted by molar-refractivity contribution is 7.97. The molecular formula is C30H45F3N6O2S. The fraction of sp³-hybridized carbons (Fsp3) is 0.633. The number of halogens is 3. The van der Waals surface area contributed by atoms with Crippen LogP contribution < -0.4 is 15.0 Å². The summed E-state index contributed by atoms with van der Waals surface area (Å²) in [5, 5.41) is 3.12. The molecule has 1 saturated heterocycles. The number of piperazine rings is 1. The molecule has 12 heteroatoms. The van der Waals surface area contributed by atoms with Crippen molar-refractivity contribution in [3.63, 3.8) is 0 Å². The zero-order valence-electron chi connectivity index (χ0n) is 25.8. The predicted octanol–water partition coefficient (Wildman–Crippen LogP) is 5.38. The summed E-state index contributed by atoms with van der Waals surface area (Å²) in [6.45, 7) is 12.4. The van der Waals surface area contributed by atoms with Crippen molar-refractivity contribution in [2.24, 2.45) is 5.92 Å². The van der Waals surface area contributed by atoms with Gasteiger partial charge >= 0.3 is 6.18 Å². The first kappa shape index (κ1) is 32.3. The van der Waals surface area contributed by atoms with Gasteiger partial charge in [0.2, 0.25) is 5.95 Å². The quantitative estimate of drug-likeness (QED) is 0.403. The van der Waals surface area contributed by atoms with Gasteiger partial charge in [0, 0.05) is 71.7 Å². The lowest BCUT2D eigenvalue weighted by molar-refractivity contribution is -0.138. The topological polar surface area (TPSA) is 73.8 Å². The maximum absolute atomic E-state index is 14.0. The van der Waals surface area contributed by atoms with Crippen molar-refractivity contribution in [3.8, 4) is 5.75 Å². The van der Waals surface area contributed by atoms with Crippen molar-refractivity contribution < 1.29 is 22.1 Å². The van der Waals surface area contributed by atoms with Crippen LogP contribution in [0.2, 0.25) is 0 Å². The van der Waals surface area contributed by atoms with Crippen LogP contribution in [0.25, 0.3) is 0 Å². The molecule has 1 N–H and O–H groups in total. The summed E-state index contributed by atoms with van der Waals surface area (Å²) >= 11 is 0. The van der Waals surface area contributed by atoms with E-state index < -0.39 is 21.4 Å². The Bertz CT molecular complexity index is 1370. The molecule has 1 saturated carbocycles. The Morgan fingerprint density at radius 1 is 1.17 bits per heavy atom. The standard InChI is InChI=1S/C30H45F3N6O2S/c1-20-16-24(27(41-6)18-26(20)38-12-14-39(15-13-38)29(2,3)4)36-28-34-19-22(30(31,32)33)23(35-28)17-21-10-9-11-25(21)37(5)42(7,8)40/h16,18-19,21,25H,7,9-15,17H2,1-6,8H3,(H,34,35,36)/t21-,25+,42?/m0/s1. The smallest absolute Gasteiger partial charge is 0.419 e. The Kier molecular flexibility index (Phi) is 9.40. The highest BCUT2D eigenvalue weighted by atomic mass is 32.2. The van der Waals surface area contributed by atoms with Crippen molar-refractivity contribution in [2.75, 3.05) is 56.8 Å². The molecular weight excluding hydrogens is 565 g/mol. The molecule has 4 rings (SSSR count). The van der Waals surface area contributed by atoms with Gasteiger partial charge in [-0.15, -0.1) is 0 Å². The number of nitrogens with one attached hydrogen (secondary N) is 1. The van der Waals surface area contributed by atoms with E-state index in [0.717, 1.165) is 62.9 Å². The number of methoxy groups -OCH3 is 1. The Labute approximate surface area is 248 Å². The number of aromatic nitrogens is 2. The lowest BCUT2D eigenvalue weighted by Crippen LogP contribution is -2.53. The summed E-state index contributed by atoms with van der Waals surface area (Å²) in [6, 6.07) is 3.77. The second-order valence-corrected chi connectivity index (χ2v) is 15.1. The van der Waals surface area contributed by atoms with Gasteiger partial charge < -0.3 is 15.0 Å². The molecule has 2 aromatic rings. The zero-order valence-corrected chi connectivity index (χ0v) is 26.7. The maximum atomic E-state index is 14.0. The third-order valence-corrected chi connectivity index (χ3v) is 10.1. The lowest BCUT2D eigenvalue weighted by atomic mass is 9.95. The Morgan fingerprint density at radius 3 is 2.40 bits per heavy atom. The fourth-order valence-electron chi connectivity index (χ4n) is 6.16. The van der Waals surface area contributed by atoms with Crippen LogP contribution in [0.15, 0.2) is 18.3 Å². The second-order valence-electron chi connectivity index (χ2n) is 12.6. The summed E-state index contributed by atoms with van der Waals surface area (Å²) in [7, 11) is 0.820. The molecule has 2 heterocycles. The number of aryl methyl sites for hydroxylation is 1. The minimum atomic E-state index is -4.59. The molecule has 0 amide bonds. The maximum Gasteiger partial charge on any atom is 0.419 e. The van der Waals surface area contributed by atoms with E-state index in [0.29, 0.717) is 11.4 Å². The average molecular weight is 611 g/mol. The molecule has 1 aromatic carbocycles. The van der Waals surface area contributed by atoms with Crippen LogP contribution in [0.4, 0.5) is 30.5 Å². The van der Waals surface area contributed by atoms with E-state index in [-0.39, 0.29) is 35.6 Å². The normalized spacial score (nSPS) is 21.9. The van der Waals surface area contributed by atoms with Gasteiger partial charge in [0.15, 0.2) is 0 Å². The molecule has 3 atom stereocenters. The van der Waals surface area contributed by atoms with Crippen molar-refractivity contribution in [1.29, 1.82) is 0 Å². The van der Waals surface area contributed by atoms with Gasteiger partial charge in [0.25, 0.3) is 0 Å². The molecule has 1 aliphatic heterocycles. The van der Waals surface area contributed by atoms with Crippen LogP contribution in [-0.2, 0) is 22.3 Å². The summed E-state index contributed by atoms with van der Waals surface area (Å²) in [4.78, 5) is 13.2. The number of nitrogens with zero attached hydrogens (tertiary/aromatic N) is 5. The van der Waals surface area contributed by atoms with Crippen molar-refractivity contribution >= 4 is 32.9 Å². The molecule has 234 valence electrons. The van der Waals surface area contributed by atoms with Gasteiger partial charge in [-0.05, 0) is 77.4 Å². The number of rotatable bonds is 8. The number of hydrogen-bond donors (Lipinski definition) is 1. The summed E-state index contributed by atoms with van der Waals surface area (Å²) in [5.41, 5.74) is 1.87. The van der Waals surface area contributed by atoms with Crippen molar-refractivity contribution in [1.82, 2.24) is 19.2 Å². The number of anilines is 3. The third kappa shape index (κ3) is 7.31. The van der Waals surface area contributed by atoms with Gasteiger partial charge in [0.1, 0.15) is 5.75 Å². The Hall–Kier alpha value is -2.57. The van der Waals surface area contributed by atoms with Crippen LogP contribution >= 0.6 is 0 Å². The average Bonchev–Trinajstić information content (AvgIpc) is 3.34. The SMILES string of the molecule is C=S(C)(=O)N(C)[C@@H]1CCC[C@H]1Cc1nc(Nc2cc(C)c(N3CCN(C(C)(C)C)CC3)cc2OC)ncc1C(F)(F)F. The van der Waals surface area contributed by atoms with E-state index in [1.165, 1.54) is 0 Å². The van der Waals surface area contributed by atoms with Gasteiger partial charge in [-0.1, -0.05) is 6.42 Å². The molecule has 0 bridgehead atoms. The summed E-state index contributed by atoms with van der Waals surface area (Å²) < 4.78 is 62.1. The molecule has 1 aliphatic carbocycles. The van der Waals surface area contributed by atoms with Crippen LogP contribution in [0.1, 0.15) is 56.9 Å². The van der Waals surface area contributed by atoms with Gasteiger partial charge in [-0.25, -0.2) is 14.3 Å². The number of alkyl halides is 3. The van der Waals surface area contributed by atoms with E-state index >= 15 is 0 Å². The number of hydrogen-bond acceptors (Lipinski definition) is 7. The minimum absolute atomic E-state index is 0.0685. The summed E-state index contributed by atoms with van der Waals surface area (Å²) in [6.07, 6.45) is 0.256. The molecule has 1 aromatic heterocycles. The first-order valence-electron chi connectivity index (χ1n) is 14.4. The lowest BCUT2D eigenvalue weighted by Gasteiger charge is -2.43. The Morgan fingerprint density at radius 2 is 1.83 bits per heavy atom. The third-order valence-electron chi connectivity index (χ3n) is 8.66. The van der Waals surface area contributed by atoms with E-state index in [9.17, 15) is 17.4 Å². The van der Waals surface area contributed by atoms with Crippen molar-refractivity contribution in [3.05, 3.63) is 35.2 Å². The second kappa shape index (κ2) is 12.2. The van der Waals surface area contributed by atoms with Crippen LogP contribution in [0.5, 0.6) is 5.75 Å². The highest BCUT2D eigenvalue weighted by Crippen LogP contribution is 2.39. The van der Waals surface area contributed by atoms with Crippen LogP contribution in [-0.4, -0.2) is 87.4 Å². The predicted molar refractivity (Wildman–Crippen MR) is 165 cm³/mol. The van der Waals surface area contributed by atoms with E-state index in [1.54, 1.807) is 24.7 Å². The molecule has 2 fully saturated rings. The Balaban J connectivity index is 1.59.